The largest absolute Gasteiger partial charge is 0.366 e. The molecule has 1 aromatic carbocycles. The zero-order chi connectivity index (χ0) is 18.2. The first-order valence-corrected chi connectivity index (χ1v) is 9.21. The van der Waals surface area contributed by atoms with Gasteiger partial charge in [0, 0.05) is 36.1 Å². The Morgan fingerprint density at radius 2 is 1.85 bits per heavy atom. The number of nitrogens with one attached hydrogen (secondary N) is 2. The molecule has 0 radical (unpaired) electrons. The Morgan fingerprint density at radius 1 is 1.04 bits per heavy atom. The number of benzene rings is 1. The summed E-state index contributed by atoms with van der Waals surface area (Å²) in [6.07, 6.45) is 6.09. The molecule has 2 N–H and O–H groups in total. The Hall–Kier alpha value is -3.28. The monoisotopic (exact) mass is 357 g/mol. The Kier molecular flexibility index (Phi) is 3.81. The van der Waals surface area contributed by atoms with Crippen molar-refractivity contribution in [3.8, 4) is 11.4 Å². The van der Waals surface area contributed by atoms with E-state index < -0.39 is 0 Å². The number of fused-ring (bicyclic) bond motifs is 2. The first-order chi connectivity index (χ1) is 13.3. The summed E-state index contributed by atoms with van der Waals surface area (Å²) in [5.74, 6) is 1.16. The number of carbonyl (C=O) groups excluding carboxylic acids is 1. The van der Waals surface area contributed by atoms with E-state index in [0.29, 0.717) is 18.1 Å². The molecule has 1 amide bonds. The van der Waals surface area contributed by atoms with Gasteiger partial charge in [0.15, 0.2) is 5.82 Å². The van der Waals surface area contributed by atoms with E-state index in [-0.39, 0.29) is 11.9 Å². The molecule has 6 nitrogen and oxygen atoms in total. The fourth-order valence-electron chi connectivity index (χ4n) is 3.89. The van der Waals surface area contributed by atoms with E-state index in [1.165, 1.54) is 11.1 Å². The molecule has 3 aromatic rings. The van der Waals surface area contributed by atoms with Crippen LogP contribution in [-0.4, -0.2) is 33.4 Å². The van der Waals surface area contributed by atoms with Crippen LogP contribution in [0.15, 0.2) is 48.8 Å². The summed E-state index contributed by atoms with van der Waals surface area (Å²) in [5, 5.41) is 6.47. The zero-order valence-corrected chi connectivity index (χ0v) is 14.8. The lowest BCUT2D eigenvalue weighted by molar-refractivity contribution is 0.0940. The average Bonchev–Trinajstić information content (AvgIpc) is 3.11. The van der Waals surface area contributed by atoms with Crippen LogP contribution in [0.3, 0.4) is 0 Å². The second-order valence-electron chi connectivity index (χ2n) is 6.99. The number of pyridine rings is 1. The van der Waals surface area contributed by atoms with Crippen LogP contribution in [0.25, 0.3) is 11.4 Å². The summed E-state index contributed by atoms with van der Waals surface area (Å²) >= 11 is 0. The number of anilines is 1. The van der Waals surface area contributed by atoms with Gasteiger partial charge in [-0.1, -0.05) is 24.3 Å². The van der Waals surface area contributed by atoms with E-state index in [1.54, 1.807) is 12.4 Å². The van der Waals surface area contributed by atoms with Gasteiger partial charge in [-0.25, -0.2) is 9.97 Å². The number of aromatic nitrogens is 3. The molecule has 0 spiro atoms. The number of amides is 1. The Balaban J connectivity index is 1.53. The van der Waals surface area contributed by atoms with E-state index in [0.717, 1.165) is 36.2 Å². The summed E-state index contributed by atoms with van der Waals surface area (Å²) in [5.41, 5.74) is 4.93. The van der Waals surface area contributed by atoms with E-state index >= 15 is 0 Å². The Morgan fingerprint density at radius 3 is 2.59 bits per heavy atom. The molecule has 5 rings (SSSR count). The van der Waals surface area contributed by atoms with Gasteiger partial charge in [0.05, 0.1) is 0 Å². The van der Waals surface area contributed by atoms with E-state index in [2.05, 4.69) is 44.9 Å². The van der Waals surface area contributed by atoms with E-state index in [1.807, 2.05) is 12.1 Å². The fourth-order valence-corrected chi connectivity index (χ4v) is 3.89. The standard InChI is InChI=1S/C21H19N5O/c27-21-18-17(7-9-23-21)20(26-19(25-18)15-6-3-8-22-12-15)24-16-10-13-4-1-2-5-14(13)11-16/h1-6,8,12,16H,7,9-11H2,(H,23,27)(H,24,25,26). The molecule has 1 aliphatic heterocycles. The van der Waals surface area contributed by atoms with Gasteiger partial charge < -0.3 is 10.6 Å². The summed E-state index contributed by atoms with van der Waals surface area (Å²) in [4.78, 5) is 25.9. The lowest BCUT2D eigenvalue weighted by Gasteiger charge is -2.22. The summed E-state index contributed by atoms with van der Waals surface area (Å²) < 4.78 is 0. The van der Waals surface area contributed by atoms with Crippen LogP contribution in [0.5, 0.6) is 0 Å². The van der Waals surface area contributed by atoms with Crippen molar-refractivity contribution in [3.05, 3.63) is 71.2 Å². The quantitative estimate of drug-likeness (QED) is 0.752. The van der Waals surface area contributed by atoms with Gasteiger partial charge in [0.25, 0.3) is 5.91 Å². The molecule has 27 heavy (non-hydrogen) atoms. The predicted molar refractivity (Wildman–Crippen MR) is 103 cm³/mol. The summed E-state index contributed by atoms with van der Waals surface area (Å²) in [6, 6.07) is 12.6. The third kappa shape index (κ3) is 2.93. The van der Waals surface area contributed by atoms with Crippen LogP contribution in [0.2, 0.25) is 0 Å². The Bertz CT molecular complexity index is 993. The van der Waals surface area contributed by atoms with Crippen molar-refractivity contribution in [2.75, 3.05) is 11.9 Å². The van der Waals surface area contributed by atoms with Gasteiger partial charge in [-0.2, -0.15) is 0 Å². The van der Waals surface area contributed by atoms with Crippen LogP contribution < -0.4 is 10.6 Å². The van der Waals surface area contributed by atoms with E-state index in [4.69, 9.17) is 4.98 Å². The second kappa shape index (κ2) is 6.46. The second-order valence-corrected chi connectivity index (χ2v) is 6.99. The molecule has 6 heteroatoms. The molecule has 0 atom stereocenters. The average molecular weight is 357 g/mol. The van der Waals surface area contributed by atoms with Crippen molar-refractivity contribution in [1.82, 2.24) is 20.3 Å². The molecular formula is C21H19N5O. The molecule has 0 bridgehead atoms. The molecule has 0 saturated heterocycles. The lowest BCUT2D eigenvalue weighted by Crippen LogP contribution is -2.34. The molecule has 134 valence electrons. The molecule has 0 saturated carbocycles. The number of carbonyl (C=O) groups is 1. The minimum absolute atomic E-state index is 0.137. The molecule has 2 aliphatic rings. The van der Waals surface area contributed by atoms with Crippen LogP contribution in [-0.2, 0) is 19.3 Å². The molecule has 1 aliphatic carbocycles. The lowest BCUT2D eigenvalue weighted by atomic mass is 10.0. The number of hydrogen-bond acceptors (Lipinski definition) is 5. The third-order valence-corrected chi connectivity index (χ3v) is 5.19. The Labute approximate surface area is 157 Å². The number of nitrogens with zero attached hydrogens (tertiary/aromatic N) is 3. The van der Waals surface area contributed by atoms with E-state index in [9.17, 15) is 4.79 Å². The highest BCUT2D eigenvalue weighted by Gasteiger charge is 2.27. The predicted octanol–water partition coefficient (Wildman–Crippen LogP) is 2.40. The van der Waals surface area contributed by atoms with Crippen molar-refractivity contribution in [2.45, 2.75) is 25.3 Å². The van der Waals surface area contributed by atoms with Crippen LogP contribution >= 0.6 is 0 Å². The fraction of sp³-hybridized carbons (Fsp3) is 0.238. The van der Waals surface area contributed by atoms with Gasteiger partial charge >= 0.3 is 0 Å². The van der Waals surface area contributed by atoms with Gasteiger partial charge in [-0.05, 0) is 42.5 Å². The van der Waals surface area contributed by atoms with Gasteiger partial charge in [-0.15, -0.1) is 0 Å². The normalized spacial score (nSPS) is 15.8. The maximum atomic E-state index is 12.4. The van der Waals surface area contributed by atoms with Crippen molar-refractivity contribution in [3.63, 3.8) is 0 Å². The van der Waals surface area contributed by atoms with Crippen LogP contribution in [0.1, 0.15) is 27.2 Å². The highest BCUT2D eigenvalue weighted by Crippen LogP contribution is 2.28. The minimum Gasteiger partial charge on any atom is -0.366 e. The SMILES string of the molecule is O=C1NCCc2c(NC3Cc4ccccc4C3)nc(-c3cccnc3)nc21. The molecule has 3 heterocycles. The van der Waals surface area contributed by atoms with Crippen molar-refractivity contribution < 1.29 is 4.79 Å². The molecular weight excluding hydrogens is 338 g/mol. The number of hydrogen-bond donors (Lipinski definition) is 2. The number of rotatable bonds is 3. The van der Waals surface area contributed by atoms with Crippen molar-refractivity contribution in [2.24, 2.45) is 0 Å². The zero-order valence-electron chi connectivity index (χ0n) is 14.8. The highest BCUT2D eigenvalue weighted by atomic mass is 16.1. The molecule has 0 unspecified atom stereocenters. The minimum atomic E-state index is -0.137. The molecule has 0 fully saturated rings. The first kappa shape index (κ1) is 15.9. The van der Waals surface area contributed by atoms with Crippen LogP contribution in [0.4, 0.5) is 5.82 Å². The summed E-state index contributed by atoms with van der Waals surface area (Å²) in [7, 11) is 0. The smallest absolute Gasteiger partial charge is 0.270 e. The van der Waals surface area contributed by atoms with Crippen LogP contribution in [0, 0.1) is 0 Å². The van der Waals surface area contributed by atoms with Gasteiger partial charge in [0.2, 0.25) is 0 Å². The maximum Gasteiger partial charge on any atom is 0.270 e. The van der Waals surface area contributed by atoms with Gasteiger partial charge in [-0.3, -0.25) is 9.78 Å². The van der Waals surface area contributed by atoms with Crippen molar-refractivity contribution >= 4 is 11.7 Å². The van der Waals surface area contributed by atoms with Crippen molar-refractivity contribution in [1.29, 1.82) is 0 Å². The summed E-state index contributed by atoms with van der Waals surface area (Å²) in [6.45, 7) is 0.612. The highest BCUT2D eigenvalue weighted by molar-refractivity contribution is 5.96. The molecule has 2 aromatic heterocycles. The maximum absolute atomic E-state index is 12.4. The van der Waals surface area contributed by atoms with Gasteiger partial charge in [0.1, 0.15) is 11.5 Å². The first-order valence-electron chi connectivity index (χ1n) is 9.21. The third-order valence-electron chi connectivity index (χ3n) is 5.19. The topological polar surface area (TPSA) is 79.8 Å².